The number of rotatable bonds is 4. The summed E-state index contributed by atoms with van der Waals surface area (Å²) < 4.78 is 6.82. The van der Waals surface area contributed by atoms with Gasteiger partial charge in [0, 0.05) is 6.07 Å². The van der Waals surface area contributed by atoms with Gasteiger partial charge >= 0.3 is 0 Å². The van der Waals surface area contributed by atoms with Gasteiger partial charge in [0.2, 0.25) is 0 Å². The molecular weight excluding hydrogens is 218 g/mol. The molecule has 0 saturated heterocycles. The molecule has 1 atom stereocenters. The third kappa shape index (κ3) is 2.71. The topological polar surface area (TPSA) is 82.8 Å². The number of nitrogens with zero attached hydrogens (tertiary/aromatic N) is 4. The molecule has 0 aliphatic carbocycles. The van der Waals surface area contributed by atoms with Crippen LogP contribution >= 0.6 is 0 Å². The van der Waals surface area contributed by atoms with Gasteiger partial charge in [-0.2, -0.15) is 0 Å². The zero-order chi connectivity index (χ0) is 12.4. The van der Waals surface area contributed by atoms with Gasteiger partial charge in [-0.05, 0) is 12.8 Å². The number of hydrogen-bond acceptors (Lipinski definition) is 5. The van der Waals surface area contributed by atoms with Gasteiger partial charge in [-0.25, -0.2) is 4.68 Å². The first-order chi connectivity index (χ1) is 8.06. The molecule has 0 saturated carbocycles. The average Bonchev–Trinajstić information content (AvgIpc) is 2.87. The lowest BCUT2D eigenvalue weighted by Crippen LogP contribution is -2.17. The van der Waals surface area contributed by atoms with E-state index in [1.807, 2.05) is 19.2 Å². The molecule has 0 aromatic carbocycles. The van der Waals surface area contributed by atoms with Crippen LogP contribution in [0.1, 0.15) is 37.0 Å². The number of aryl methyl sites for hydroxylation is 1. The third-order valence-electron chi connectivity index (χ3n) is 2.61. The van der Waals surface area contributed by atoms with Crippen molar-refractivity contribution in [2.24, 2.45) is 11.7 Å². The maximum atomic E-state index is 6.00. The lowest BCUT2D eigenvalue weighted by Gasteiger charge is -2.10. The number of nitrogens with two attached hydrogens (primary N) is 1. The molecule has 17 heavy (non-hydrogen) atoms. The Hall–Kier alpha value is -1.69. The fourth-order valence-corrected chi connectivity index (χ4v) is 1.54. The molecule has 0 fully saturated rings. The Labute approximate surface area is 99.8 Å². The zero-order valence-electron chi connectivity index (χ0n) is 10.3. The Kier molecular flexibility index (Phi) is 3.23. The van der Waals surface area contributed by atoms with Gasteiger partial charge in [0.25, 0.3) is 0 Å². The van der Waals surface area contributed by atoms with Crippen LogP contribution in [0.25, 0.3) is 0 Å². The minimum absolute atomic E-state index is 0.0831. The van der Waals surface area contributed by atoms with Crippen LogP contribution in [0.5, 0.6) is 0 Å². The first kappa shape index (κ1) is 11.8. The van der Waals surface area contributed by atoms with E-state index >= 15 is 0 Å². The SMILES string of the molecule is Cc1cc(Cn2cc(C(N)C(C)C)nn2)on1. The van der Waals surface area contributed by atoms with Crippen molar-refractivity contribution < 1.29 is 4.52 Å². The highest BCUT2D eigenvalue weighted by Gasteiger charge is 2.14. The van der Waals surface area contributed by atoms with Crippen molar-refractivity contribution in [2.45, 2.75) is 33.4 Å². The Morgan fingerprint density at radius 1 is 1.47 bits per heavy atom. The van der Waals surface area contributed by atoms with Crippen LogP contribution in [0.15, 0.2) is 16.8 Å². The lowest BCUT2D eigenvalue weighted by atomic mass is 10.0. The van der Waals surface area contributed by atoms with E-state index in [4.69, 9.17) is 10.3 Å². The summed E-state index contributed by atoms with van der Waals surface area (Å²) in [6, 6.07) is 1.80. The van der Waals surface area contributed by atoms with E-state index in [0.29, 0.717) is 12.5 Å². The maximum Gasteiger partial charge on any atom is 0.158 e. The first-order valence-corrected chi connectivity index (χ1v) is 5.64. The molecule has 2 aromatic heterocycles. The molecule has 0 bridgehead atoms. The summed E-state index contributed by atoms with van der Waals surface area (Å²) in [6.45, 7) is 6.53. The largest absolute Gasteiger partial charge is 0.359 e. The Balaban J connectivity index is 2.08. The standard InChI is InChI=1S/C11H17N5O/c1-7(2)11(12)10-6-16(15-13-10)5-9-4-8(3)14-17-9/h4,6-7,11H,5,12H2,1-3H3. The average molecular weight is 235 g/mol. The van der Waals surface area contributed by atoms with Gasteiger partial charge in [0.1, 0.15) is 6.54 Å². The van der Waals surface area contributed by atoms with E-state index in [-0.39, 0.29) is 6.04 Å². The Morgan fingerprint density at radius 3 is 2.82 bits per heavy atom. The number of aromatic nitrogens is 4. The second kappa shape index (κ2) is 4.67. The van der Waals surface area contributed by atoms with Crippen molar-refractivity contribution >= 4 is 0 Å². The van der Waals surface area contributed by atoms with Crippen LogP contribution in [0, 0.1) is 12.8 Å². The molecule has 2 aromatic rings. The monoisotopic (exact) mass is 235 g/mol. The van der Waals surface area contributed by atoms with Crippen molar-refractivity contribution in [3.63, 3.8) is 0 Å². The van der Waals surface area contributed by atoms with E-state index in [1.165, 1.54) is 0 Å². The fraction of sp³-hybridized carbons (Fsp3) is 0.545. The summed E-state index contributed by atoms with van der Waals surface area (Å²) in [4.78, 5) is 0. The van der Waals surface area contributed by atoms with E-state index in [1.54, 1.807) is 4.68 Å². The molecule has 1 unspecified atom stereocenters. The predicted molar refractivity (Wildman–Crippen MR) is 62.1 cm³/mol. The molecule has 6 heteroatoms. The highest BCUT2D eigenvalue weighted by molar-refractivity contribution is 5.05. The predicted octanol–water partition coefficient (Wildman–Crippen LogP) is 1.28. The van der Waals surface area contributed by atoms with Gasteiger partial charge in [-0.15, -0.1) is 5.10 Å². The van der Waals surface area contributed by atoms with Gasteiger partial charge < -0.3 is 10.3 Å². The molecule has 2 N–H and O–H groups in total. The third-order valence-corrected chi connectivity index (χ3v) is 2.61. The summed E-state index contributed by atoms with van der Waals surface area (Å²) >= 11 is 0. The molecule has 92 valence electrons. The van der Waals surface area contributed by atoms with Crippen molar-refractivity contribution in [3.8, 4) is 0 Å². The molecule has 0 aliphatic heterocycles. The van der Waals surface area contributed by atoms with Crippen LogP contribution < -0.4 is 5.73 Å². The Morgan fingerprint density at radius 2 is 2.24 bits per heavy atom. The summed E-state index contributed by atoms with van der Waals surface area (Å²) in [5, 5.41) is 11.9. The zero-order valence-corrected chi connectivity index (χ0v) is 10.3. The van der Waals surface area contributed by atoms with Crippen LogP contribution in [-0.2, 0) is 6.54 Å². The number of hydrogen-bond donors (Lipinski definition) is 1. The van der Waals surface area contributed by atoms with Gasteiger partial charge in [0.15, 0.2) is 5.76 Å². The van der Waals surface area contributed by atoms with E-state index < -0.39 is 0 Å². The highest BCUT2D eigenvalue weighted by Crippen LogP contribution is 2.16. The van der Waals surface area contributed by atoms with Crippen molar-refractivity contribution in [1.82, 2.24) is 20.2 Å². The first-order valence-electron chi connectivity index (χ1n) is 5.64. The fourth-order valence-electron chi connectivity index (χ4n) is 1.54. The quantitative estimate of drug-likeness (QED) is 0.863. The van der Waals surface area contributed by atoms with Gasteiger partial charge in [-0.1, -0.05) is 24.2 Å². The van der Waals surface area contributed by atoms with Crippen molar-refractivity contribution in [2.75, 3.05) is 0 Å². The second-order valence-corrected chi connectivity index (χ2v) is 4.55. The molecule has 0 radical (unpaired) electrons. The summed E-state index contributed by atoms with van der Waals surface area (Å²) in [6.07, 6.45) is 1.85. The summed E-state index contributed by atoms with van der Waals surface area (Å²) in [5.74, 6) is 1.10. The normalized spacial score (nSPS) is 13.2. The van der Waals surface area contributed by atoms with Crippen LogP contribution in [0.4, 0.5) is 0 Å². The van der Waals surface area contributed by atoms with E-state index in [2.05, 4.69) is 29.3 Å². The second-order valence-electron chi connectivity index (χ2n) is 4.55. The summed E-state index contributed by atoms with van der Waals surface area (Å²) in [5.41, 5.74) is 7.66. The smallest absolute Gasteiger partial charge is 0.158 e. The van der Waals surface area contributed by atoms with Gasteiger partial charge in [0.05, 0.1) is 23.6 Å². The van der Waals surface area contributed by atoms with Crippen LogP contribution in [0.2, 0.25) is 0 Å². The lowest BCUT2D eigenvalue weighted by molar-refractivity contribution is 0.367. The highest BCUT2D eigenvalue weighted by atomic mass is 16.5. The molecule has 0 amide bonds. The molecule has 0 aliphatic rings. The molecule has 2 rings (SSSR count). The molecule has 2 heterocycles. The van der Waals surface area contributed by atoms with E-state index in [9.17, 15) is 0 Å². The minimum atomic E-state index is -0.0831. The van der Waals surface area contributed by atoms with Crippen LogP contribution in [0.3, 0.4) is 0 Å². The van der Waals surface area contributed by atoms with Crippen molar-refractivity contribution in [1.29, 1.82) is 0 Å². The summed E-state index contributed by atoms with van der Waals surface area (Å²) in [7, 11) is 0. The maximum absolute atomic E-state index is 6.00. The molecule has 6 nitrogen and oxygen atoms in total. The Bertz CT molecular complexity index is 488. The van der Waals surface area contributed by atoms with Gasteiger partial charge in [-0.3, -0.25) is 0 Å². The van der Waals surface area contributed by atoms with Crippen molar-refractivity contribution in [3.05, 3.63) is 29.4 Å². The molecular formula is C11H17N5O. The molecule has 0 spiro atoms. The van der Waals surface area contributed by atoms with E-state index in [0.717, 1.165) is 17.1 Å². The van der Waals surface area contributed by atoms with Crippen LogP contribution in [-0.4, -0.2) is 20.2 Å². The minimum Gasteiger partial charge on any atom is -0.359 e.